The van der Waals surface area contributed by atoms with E-state index in [1.54, 1.807) is 4.90 Å². The summed E-state index contributed by atoms with van der Waals surface area (Å²) in [6, 6.07) is 9.65. The van der Waals surface area contributed by atoms with Crippen molar-refractivity contribution < 1.29 is 14.6 Å². The molecule has 0 bridgehead atoms. The second kappa shape index (κ2) is 7.91. The van der Waals surface area contributed by atoms with Crippen LogP contribution in [0.3, 0.4) is 0 Å². The van der Waals surface area contributed by atoms with Gasteiger partial charge < -0.3 is 14.4 Å². The minimum absolute atomic E-state index is 0.0299. The van der Waals surface area contributed by atoms with Gasteiger partial charge in [0.15, 0.2) is 0 Å². The molecule has 0 radical (unpaired) electrons. The van der Waals surface area contributed by atoms with Gasteiger partial charge in [-0.15, -0.1) is 0 Å². The molecule has 1 atom stereocenters. The van der Waals surface area contributed by atoms with Gasteiger partial charge in [-0.3, -0.25) is 4.90 Å². The Morgan fingerprint density at radius 1 is 1.23 bits per heavy atom. The van der Waals surface area contributed by atoms with Gasteiger partial charge in [-0.05, 0) is 11.5 Å². The van der Waals surface area contributed by atoms with Crippen molar-refractivity contribution in [3.05, 3.63) is 53.1 Å². The molecule has 1 N–H and O–H groups in total. The Labute approximate surface area is 154 Å². The molecule has 6 heteroatoms. The van der Waals surface area contributed by atoms with Crippen LogP contribution in [0.1, 0.15) is 49.5 Å². The number of imidazole rings is 1. The van der Waals surface area contributed by atoms with Crippen molar-refractivity contribution in [2.75, 3.05) is 6.54 Å². The molecule has 140 valence electrons. The number of ether oxygens (including phenoxy) is 1. The highest BCUT2D eigenvalue weighted by molar-refractivity contribution is 5.67. The van der Waals surface area contributed by atoms with Crippen LogP contribution in [0.15, 0.2) is 30.3 Å². The maximum atomic E-state index is 12.4. The van der Waals surface area contributed by atoms with Crippen LogP contribution in [0.4, 0.5) is 4.79 Å². The number of rotatable bonds is 5. The number of carbonyl (C=O) groups excluding carboxylic acids is 1. The molecule has 1 aliphatic rings. The fourth-order valence-corrected chi connectivity index (χ4v) is 3.23. The van der Waals surface area contributed by atoms with Gasteiger partial charge in [0.05, 0.1) is 24.5 Å². The Balaban J connectivity index is 1.70. The topological polar surface area (TPSA) is 67.6 Å². The number of carbonyl (C=O) groups is 1. The zero-order valence-corrected chi connectivity index (χ0v) is 15.7. The lowest BCUT2D eigenvalue weighted by atomic mass is 9.93. The fraction of sp³-hybridized carbons (Fsp3) is 0.500. The van der Waals surface area contributed by atoms with E-state index >= 15 is 0 Å². The van der Waals surface area contributed by atoms with E-state index in [-0.39, 0.29) is 25.2 Å². The number of hydrogen-bond donors (Lipinski definition) is 1. The molecule has 0 aliphatic carbocycles. The van der Waals surface area contributed by atoms with E-state index in [9.17, 15) is 9.90 Å². The lowest BCUT2D eigenvalue weighted by Crippen LogP contribution is -2.39. The number of aliphatic hydroxyl groups is 1. The zero-order chi connectivity index (χ0) is 18.7. The summed E-state index contributed by atoms with van der Waals surface area (Å²) in [4.78, 5) is 18.8. The first kappa shape index (κ1) is 18.5. The monoisotopic (exact) mass is 357 g/mol. The van der Waals surface area contributed by atoms with Crippen LogP contribution in [-0.4, -0.2) is 32.2 Å². The summed E-state index contributed by atoms with van der Waals surface area (Å²) in [6.45, 7) is 8.26. The van der Waals surface area contributed by atoms with Gasteiger partial charge in [0.2, 0.25) is 0 Å². The molecule has 1 unspecified atom stereocenters. The van der Waals surface area contributed by atoms with E-state index in [0.717, 1.165) is 22.8 Å². The van der Waals surface area contributed by atoms with Gasteiger partial charge in [0.1, 0.15) is 12.4 Å². The van der Waals surface area contributed by atoms with Crippen molar-refractivity contribution in [3.63, 3.8) is 0 Å². The van der Waals surface area contributed by atoms with Crippen molar-refractivity contribution in [1.29, 1.82) is 0 Å². The third-order valence-corrected chi connectivity index (χ3v) is 5.15. The van der Waals surface area contributed by atoms with E-state index < -0.39 is 0 Å². The van der Waals surface area contributed by atoms with Crippen molar-refractivity contribution >= 4 is 6.09 Å². The van der Waals surface area contributed by atoms with Crippen LogP contribution in [0.25, 0.3) is 0 Å². The van der Waals surface area contributed by atoms with Crippen LogP contribution in [0.2, 0.25) is 0 Å². The van der Waals surface area contributed by atoms with Gasteiger partial charge in [-0.2, -0.15) is 0 Å². The quantitative estimate of drug-likeness (QED) is 0.892. The Bertz CT molecular complexity index is 755. The van der Waals surface area contributed by atoms with Gasteiger partial charge in [0, 0.05) is 19.0 Å². The number of aromatic nitrogens is 2. The molecule has 1 aromatic carbocycles. The molecule has 1 amide bonds. The normalized spacial score (nSPS) is 15.0. The number of nitrogens with zero attached hydrogens (tertiary/aromatic N) is 3. The molecule has 6 nitrogen and oxygen atoms in total. The molecule has 2 aromatic rings. The molecule has 3 rings (SSSR count). The van der Waals surface area contributed by atoms with E-state index in [1.807, 2.05) is 30.3 Å². The van der Waals surface area contributed by atoms with E-state index in [4.69, 9.17) is 9.72 Å². The summed E-state index contributed by atoms with van der Waals surface area (Å²) >= 11 is 0. The van der Waals surface area contributed by atoms with E-state index in [1.165, 1.54) is 0 Å². The standard InChI is InChI=1S/C20H27N3O3/c1-14(2)15(3)19-17(12-24)23-10-9-22(11-18(23)21-19)20(25)26-13-16-7-5-4-6-8-16/h4-8,14-15,24H,9-13H2,1-3H3. The minimum Gasteiger partial charge on any atom is -0.445 e. The van der Waals surface area contributed by atoms with Crippen LogP contribution < -0.4 is 0 Å². The number of aliphatic hydroxyl groups excluding tert-OH is 1. The number of fused-ring (bicyclic) bond motifs is 1. The van der Waals surface area contributed by atoms with Crippen molar-refractivity contribution in [2.24, 2.45) is 5.92 Å². The first-order chi connectivity index (χ1) is 12.5. The number of hydrogen-bond acceptors (Lipinski definition) is 4. The molecular formula is C20H27N3O3. The summed E-state index contributed by atoms with van der Waals surface area (Å²) in [6.07, 6.45) is -0.327. The number of benzene rings is 1. The predicted molar refractivity (Wildman–Crippen MR) is 98.4 cm³/mol. The lowest BCUT2D eigenvalue weighted by Gasteiger charge is -2.27. The smallest absolute Gasteiger partial charge is 0.410 e. The maximum Gasteiger partial charge on any atom is 0.410 e. The highest BCUT2D eigenvalue weighted by Crippen LogP contribution is 2.29. The molecule has 0 fully saturated rings. The average Bonchev–Trinajstić information content (AvgIpc) is 3.03. The van der Waals surface area contributed by atoms with Gasteiger partial charge in [-0.1, -0.05) is 51.1 Å². The van der Waals surface area contributed by atoms with Crippen molar-refractivity contribution in [1.82, 2.24) is 14.5 Å². The SMILES string of the molecule is CC(C)C(C)c1nc2n(c1CO)CCN(C(=O)OCc1ccccc1)C2. The van der Waals surface area contributed by atoms with E-state index in [0.29, 0.717) is 25.6 Å². The summed E-state index contributed by atoms with van der Waals surface area (Å²) in [5, 5.41) is 9.81. The van der Waals surface area contributed by atoms with Crippen LogP contribution in [0.5, 0.6) is 0 Å². The first-order valence-corrected chi connectivity index (χ1v) is 9.16. The molecule has 2 heterocycles. The summed E-state index contributed by atoms with van der Waals surface area (Å²) < 4.78 is 7.48. The Hall–Kier alpha value is -2.34. The summed E-state index contributed by atoms with van der Waals surface area (Å²) in [5.41, 5.74) is 2.78. The Kier molecular flexibility index (Phi) is 5.61. The second-order valence-electron chi connectivity index (χ2n) is 7.16. The van der Waals surface area contributed by atoms with E-state index in [2.05, 4.69) is 25.3 Å². The van der Waals surface area contributed by atoms with Gasteiger partial charge in [-0.25, -0.2) is 9.78 Å². The Morgan fingerprint density at radius 2 is 1.96 bits per heavy atom. The van der Waals surface area contributed by atoms with Crippen LogP contribution in [0, 0.1) is 5.92 Å². The highest BCUT2D eigenvalue weighted by Gasteiger charge is 2.28. The van der Waals surface area contributed by atoms with Crippen molar-refractivity contribution in [3.8, 4) is 0 Å². The maximum absolute atomic E-state index is 12.4. The fourth-order valence-electron chi connectivity index (χ4n) is 3.23. The first-order valence-electron chi connectivity index (χ1n) is 9.16. The molecule has 0 saturated carbocycles. The molecule has 1 aliphatic heterocycles. The molecule has 26 heavy (non-hydrogen) atoms. The molecule has 0 saturated heterocycles. The molecular weight excluding hydrogens is 330 g/mol. The van der Waals surface area contributed by atoms with Crippen LogP contribution >= 0.6 is 0 Å². The van der Waals surface area contributed by atoms with Crippen molar-refractivity contribution in [2.45, 2.75) is 53.0 Å². The third kappa shape index (κ3) is 3.75. The largest absolute Gasteiger partial charge is 0.445 e. The third-order valence-electron chi connectivity index (χ3n) is 5.15. The molecule has 1 aromatic heterocycles. The predicted octanol–water partition coefficient (Wildman–Crippen LogP) is 3.29. The van der Waals surface area contributed by atoms with Gasteiger partial charge >= 0.3 is 6.09 Å². The lowest BCUT2D eigenvalue weighted by molar-refractivity contribution is 0.0856. The minimum atomic E-state index is -0.327. The molecule has 0 spiro atoms. The van der Waals surface area contributed by atoms with Crippen LogP contribution in [-0.2, 0) is 31.0 Å². The summed E-state index contributed by atoms with van der Waals surface area (Å²) in [5.74, 6) is 1.51. The van der Waals surface area contributed by atoms with Gasteiger partial charge in [0.25, 0.3) is 0 Å². The second-order valence-corrected chi connectivity index (χ2v) is 7.16. The zero-order valence-electron chi connectivity index (χ0n) is 15.7. The summed E-state index contributed by atoms with van der Waals surface area (Å²) in [7, 11) is 0. The number of amides is 1. The average molecular weight is 357 g/mol. The Morgan fingerprint density at radius 3 is 2.62 bits per heavy atom. The highest BCUT2D eigenvalue weighted by atomic mass is 16.6.